The third-order valence-electron chi connectivity index (χ3n) is 5.23. The molecule has 1 heterocycles. The fourth-order valence-corrected chi connectivity index (χ4v) is 4.40. The molecule has 21 heavy (non-hydrogen) atoms. The minimum atomic E-state index is -1.13. The van der Waals surface area contributed by atoms with E-state index in [0.29, 0.717) is 0 Å². The van der Waals surface area contributed by atoms with Crippen molar-refractivity contribution in [3.05, 3.63) is 0 Å². The summed E-state index contributed by atoms with van der Waals surface area (Å²) in [5.74, 6) is -2.72. The maximum absolute atomic E-state index is 12.5. The summed E-state index contributed by atoms with van der Waals surface area (Å²) in [6, 6.07) is -1.13. The quantitative estimate of drug-likeness (QED) is 0.677. The van der Waals surface area contributed by atoms with Crippen molar-refractivity contribution >= 4 is 23.7 Å². The number of carboxylic acid groups (broad SMARTS) is 1. The van der Waals surface area contributed by atoms with Crippen molar-refractivity contribution in [2.45, 2.75) is 38.1 Å². The van der Waals surface area contributed by atoms with Crippen LogP contribution in [0.1, 0.15) is 32.1 Å². The van der Waals surface area contributed by atoms with E-state index >= 15 is 0 Å². The first-order valence-electron chi connectivity index (χ1n) is 7.30. The zero-order chi connectivity index (χ0) is 15.3. The predicted molar refractivity (Wildman–Crippen MR) is 69.5 cm³/mol. The molecule has 114 valence electrons. The lowest BCUT2D eigenvalue weighted by molar-refractivity contribution is -0.149. The number of amides is 3. The summed E-state index contributed by atoms with van der Waals surface area (Å²) in [6.07, 6.45) is 2.41. The third-order valence-corrected chi connectivity index (χ3v) is 5.23. The molecule has 0 aromatic rings. The zero-order valence-electron chi connectivity index (χ0n) is 11.5. The molecule has 0 spiro atoms. The Kier molecular flexibility index (Phi) is 3.22. The molecule has 1 saturated heterocycles. The standard InChI is InChI=1S/C14H18N2O5/c15-12(19)8(3-4-9(17)18)16-13(20)10-6-1-2-7(5-6)11(10)14(16)21/h6-8,10-11H,1-5H2,(H2,15,19)(H,17,18). The lowest BCUT2D eigenvalue weighted by Gasteiger charge is -2.24. The van der Waals surface area contributed by atoms with E-state index in [1.165, 1.54) is 0 Å². The first kappa shape index (κ1) is 14.0. The van der Waals surface area contributed by atoms with Crippen LogP contribution in [0.5, 0.6) is 0 Å². The van der Waals surface area contributed by atoms with Gasteiger partial charge in [-0.3, -0.25) is 24.1 Å². The molecule has 5 atom stereocenters. The monoisotopic (exact) mass is 294 g/mol. The Balaban J connectivity index is 1.84. The second kappa shape index (κ2) is 4.82. The lowest BCUT2D eigenvalue weighted by atomic mass is 9.81. The van der Waals surface area contributed by atoms with E-state index in [9.17, 15) is 19.2 Å². The Morgan fingerprint density at radius 1 is 1.19 bits per heavy atom. The molecule has 2 bridgehead atoms. The number of carbonyl (C=O) groups excluding carboxylic acids is 3. The van der Waals surface area contributed by atoms with Gasteiger partial charge in [0.1, 0.15) is 6.04 Å². The number of rotatable bonds is 5. The number of fused-ring (bicyclic) bond motifs is 5. The Bertz CT molecular complexity index is 503. The van der Waals surface area contributed by atoms with E-state index in [2.05, 4.69) is 0 Å². The Hall–Kier alpha value is -1.92. The van der Waals surface area contributed by atoms with Crippen molar-refractivity contribution in [3.63, 3.8) is 0 Å². The molecule has 0 aromatic carbocycles. The lowest BCUT2D eigenvalue weighted by Crippen LogP contribution is -2.49. The first-order valence-corrected chi connectivity index (χ1v) is 7.30. The van der Waals surface area contributed by atoms with Gasteiger partial charge in [-0.05, 0) is 37.5 Å². The molecular weight excluding hydrogens is 276 g/mol. The Labute approximate surface area is 121 Å². The van der Waals surface area contributed by atoms with E-state index in [0.717, 1.165) is 24.2 Å². The van der Waals surface area contributed by atoms with Gasteiger partial charge in [-0.15, -0.1) is 0 Å². The normalized spacial score (nSPS) is 35.1. The van der Waals surface area contributed by atoms with Gasteiger partial charge in [0.2, 0.25) is 17.7 Å². The van der Waals surface area contributed by atoms with E-state index in [1.807, 2.05) is 0 Å². The average Bonchev–Trinajstić information content (AvgIpc) is 3.06. The van der Waals surface area contributed by atoms with Gasteiger partial charge in [0.25, 0.3) is 0 Å². The van der Waals surface area contributed by atoms with E-state index < -0.39 is 17.9 Å². The highest BCUT2D eigenvalue weighted by atomic mass is 16.4. The van der Waals surface area contributed by atoms with Crippen LogP contribution in [0.4, 0.5) is 0 Å². The van der Waals surface area contributed by atoms with E-state index in [-0.39, 0.29) is 48.3 Å². The zero-order valence-corrected chi connectivity index (χ0v) is 11.5. The van der Waals surface area contributed by atoms with Crippen LogP contribution in [-0.2, 0) is 19.2 Å². The number of carbonyl (C=O) groups is 4. The van der Waals surface area contributed by atoms with Crippen LogP contribution in [0.15, 0.2) is 0 Å². The summed E-state index contributed by atoms with van der Waals surface area (Å²) >= 11 is 0. The molecule has 5 unspecified atom stereocenters. The minimum absolute atomic E-state index is 0.114. The molecule has 0 radical (unpaired) electrons. The highest BCUT2D eigenvalue weighted by molar-refractivity contribution is 6.09. The van der Waals surface area contributed by atoms with Gasteiger partial charge in [-0.25, -0.2) is 0 Å². The third kappa shape index (κ3) is 2.02. The molecule has 3 N–H and O–H groups in total. The molecule has 3 fully saturated rings. The van der Waals surface area contributed by atoms with Crippen LogP contribution in [0.25, 0.3) is 0 Å². The van der Waals surface area contributed by atoms with Gasteiger partial charge < -0.3 is 10.8 Å². The SMILES string of the molecule is NC(=O)C(CCC(=O)O)N1C(=O)C2C3CCC(C3)C2C1=O. The second-order valence-electron chi connectivity index (χ2n) is 6.28. The topological polar surface area (TPSA) is 118 Å². The first-order chi connectivity index (χ1) is 9.91. The van der Waals surface area contributed by atoms with Crippen LogP contribution in [0, 0.1) is 23.7 Å². The van der Waals surface area contributed by atoms with Gasteiger partial charge in [-0.1, -0.05) is 0 Å². The van der Waals surface area contributed by atoms with Gasteiger partial charge >= 0.3 is 5.97 Å². The summed E-state index contributed by atoms with van der Waals surface area (Å²) in [7, 11) is 0. The number of nitrogens with zero attached hydrogens (tertiary/aromatic N) is 1. The van der Waals surface area contributed by atoms with Gasteiger partial charge in [0.05, 0.1) is 11.8 Å². The number of likely N-dealkylation sites (tertiary alicyclic amines) is 1. The molecule has 2 saturated carbocycles. The van der Waals surface area contributed by atoms with Crippen LogP contribution in [-0.4, -0.2) is 39.7 Å². The largest absolute Gasteiger partial charge is 0.481 e. The fraction of sp³-hybridized carbons (Fsp3) is 0.714. The summed E-state index contributed by atoms with van der Waals surface area (Å²) in [5.41, 5.74) is 5.28. The minimum Gasteiger partial charge on any atom is -0.481 e. The van der Waals surface area contributed by atoms with E-state index in [1.54, 1.807) is 0 Å². The van der Waals surface area contributed by atoms with Crippen LogP contribution >= 0.6 is 0 Å². The van der Waals surface area contributed by atoms with Crippen molar-refractivity contribution in [1.82, 2.24) is 4.90 Å². The summed E-state index contributed by atoms with van der Waals surface area (Å²) in [6.45, 7) is 0. The number of carboxylic acids is 1. The molecule has 2 aliphatic carbocycles. The number of imide groups is 1. The van der Waals surface area contributed by atoms with Gasteiger partial charge in [0, 0.05) is 6.42 Å². The van der Waals surface area contributed by atoms with Crippen molar-refractivity contribution < 1.29 is 24.3 Å². The number of nitrogens with two attached hydrogens (primary N) is 1. The maximum atomic E-state index is 12.5. The van der Waals surface area contributed by atoms with Crippen LogP contribution < -0.4 is 5.73 Å². The summed E-state index contributed by atoms with van der Waals surface area (Å²) in [5, 5.41) is 8.73. The number of hydrogen-bond donors (Lipinski definition) is 2. The Morgan fingerprint density at radius 2 is 1.71 bits per heavy atom. The number of hydrogen-bond acceptors (Lipinski definition) is 4. The van der Waals surface area contributed by atoms with Crippen molar-refractivity contribution in [2.75, 3.05) is 0 Å². The number of primary amides is 1. The van der Waals surface area contributed by atoms with Gasteiger partial charge in [-0.2, -0.15) is 0 Å². The fourth-order valence-electron chi connectivity index (χ4n) is 4.40. The molecule has 3 rings (SSSR count). The van der Waals surface area contributed by atoms with Crippen LogP contribution in [0.2, 0.25) is 0 Å². The summed E-state index contributed by atoms with van der Waals surface area (Å²) < 4.78 is 0. The highest BCUT2D eigenvalue weighted by Gasteiger charge is 2.62. The number of aliphatic carboxylic acids is 1. The van der Waals surface area contributed by atoms with Crippen molar-refractivity contribution in [1.29, 1.82) is 0 Å². The Morgan fingerprint density at radius 3 is 2.14 bits per heavy atom. The molecule has 7 heteroatoms. The second-order valence-corrected chi connectivity index (χ2v) is 6.28. The molecule has 7 nitrogen and oxygen atoms in total. The molecule has 3 aliphatic rings. The molecule has 1 aliphatic heterocycles. The predicted octanol–water partition coefficient (Wildman–Crippen LogP) is -0.264. The van der Waals surface area contributed by atoms with Crippen LogP contribution in [0.3, 0.4) is 0 Å². The average molecular weight is 294 g/mol. The molecule has 3 amide bonds. The van der Waals surface area contributed by atoms with Crippen molar-refractivity contribution in [3.8, 4) is 0 Å². The maximum Gasteiger partial charge on any atom is 0.303 e. The summed E-state index contributed by atoms with van der Waals surface area (Å²) in [4.78, 5) is 48.3. The van der Waals surface area contributed by atoms with Gasteiger partial charge in [0.15, 0.2) is 0 Å². The van der Waals surface area contributed by atoms with Crippen molar-refractivity contribution in [2.24, 2.45) is 29.4 Å². The molecule has 0 aromatic heterocycles. The smallest absolute Gasteiger partial charge is 0.303 e. The highest BCUT2D eigenvalue weighted by Crippen LogP contribution is 2.56. The van der Waals surface area contributed by atoms with E-state index in [4.69, 9.17) is 10.8 Å². The molecular formula is C14H18N2O5.